The van der Waals surface area contributed by atoms with Crippen molar-refractivity contribution in [1.29, 1.82) is 0 Å². The number of hydrogen-bond acceptors (Lipinski definition) is 1. The Hall–Kier alpha value is -1.05. The lowest BCUT2D eigenvalue weighted by molar-refractivity contribution is -0.122. The molecule has 0 bridgehead atoms. The highest BCUT2D eigenvalue weighted by Gasteiger charge is 2.03. The van der Waals surface area contributed by atoms with Crippen LogP contribution in [-0.4, -0.2) is 17.9 Å². The lowest BCUT2D eigenvalue weighted by Gasteiger charge is -2.10. The van der Waals surface area contributed by atoms with Gasteiger partial charge >= 0.3 is 0 Å². The molecule has 0 aliphatic carbocycles. The molecule has 68 valence electrons. The van der Waals surface area contributed by atoms with Crippen molar-refractivity contribution in [2.45, 2.75) is 20.8 Å². The van der Waals surface area contributed by atoms with Gasteiger partial charge in [-0.05, 0) is 19.0 Å². The van der Waals surface area contributed by atoms with E-state index in [4.69, 9.17) is 0 Å². The molecule has 0 atom stereocenters. The smallest absolute Gasteiger partial charge is 0.250 e. The number of rotatable bonds is 3. The summed E-state index contributed by atoms with van der Waals surface area (Å²) in [4.78, 5) is 12.7. The summed E-state index contributed by atoms with van der Waals surface area (Å²) in [6.45, 7) is 9.59. The fourth-order valence-corrected chi connectivity index (χ4v) is 0.553. The van der Waals surface area contributed by atoms with Gasteiger partial charge in [0.05, 0.1) is 0 Å². The molecule has 0 radical (unpaired) electrons. The Morgan fingerprint density at radius 2 is 2.00 bits per heavy atom. The van der Waals surface area contributed by atoms with Gasteiger partial charge in [-0.2, -0.15) is 0 Å². The van der Waals surface area contributed by atoms with Crippen LogP contribution >= 0.6 is 0 Å². The third-order valence-electron chi connectivity index (χ3n) is 1.88. The number of carbonyl (C=O) groups excluding carboxylic acids is 1. The van der Waals surface area contributed by atoms with Crippen molar-refractivity contribution in [2.75, 3.05) is 7.05 Å². The van der Waals surface area contributed by atoms with Crippen molar-refractivity contribution < 1.29 is 4.79 Å². The second-order valence-electron chi connectivity index (χ2n) is 3.17. The van der Waals surface area contributed by atoms with Crippen LogP contribution in [0.4, 0.5) is 0 Å². The van der Waals surface area contributed by atoms with Gasteiger partial charge in [-0.25, -0.2) is 0 Å². The highest BCUT2D eigenvalue weighted by molar-refractivity contribution is 5.88. The molecule has 0 heterocycles. The summed E-state index contributed by atoms with van der Waals surface area (Å²) in [5, 5.41) is 0. The topological polar surface area (TPSA) is 20.3 Å². The van der Waals surface area contributed by atoms with Gasteiger partial charge in [0.2, 0.25) is 5.91 Å². The molecule has 0 aromatic rings. The normalized spacial score (nSPS) is 11.6. The summed E-state index contributed by atoms with van der Waals surface area (Å²) in [7, 11) is 1.69. The SMILES string of the molecule is C=CN(C)C(=O)/C=C(\C)C(C)C. The molecule has 2 heteroatoms. The van der Waals surface area contributed by atoms with Gasteiger partial charge in [-0.15, -0.1) is 0 Å². The molecule has 2 nitrogen and oxygen atoms in total. The molecular formula is C10H17NO. The van der Waals surface area contributed by atoms with Gasteiger partial charge < -0.3 is 4.90 Å². The summed E-state index contributed by atoms with van der Waals surface area (Å²) in [5.41, 5.74) is 1.09. The number of hydrogen-bond donors (Lipinski definition) is 0. The average Bonchev–Trinajstić information content (AvgIpc) is 2.02. The van der Waals surface area contributed by atoms with Crippen LogP contribution in [0.25, 0.3) is 0 Å². The molecule has 0 rings (SSSR count). The van der Waals surface area contributed by atoms with E-state index in [2.05, 4.69) is 20.4 Å². The maximum atomic E-state index is 11.3. The van der Waals surface area contributed by atoms with E-state index in [9.17, 15) is 4.79 Å². The van der Waals surface area contributed by atoms with E-state index in [0.717, 1.165) is 5.57 Å². The van der Waals surface area contributed by atoms with Gasteiger partial charge in [0, 0.05) is 13.1 Å². The van der Waals surface area contributed by atoms with Crippen molar-refractivity contribution in [3.63, 3.8) is 0 Å². The van der Waals surface area contributed by atoms with Gasteiger partial charge in [0.15, 0.2) is 0 Å². The Balaban J connectivity index is 4.33. The second-order valence-corrected chi connectivity index (χ2v) is 3.17. The van der Waals surface area contributed by atoms with E-state index in [1.54, 1.807) is 13.1 Å². The Labute approximate surface area is 74.6 Å². The fraction of sp³-hybridized carbons (Fsp3) is 0.500. The van der Waals surface area contributed by atoms with Crippen LogP contribution in [0.2, 0.25) is 0 Å². The van der Waals surface area contributed by atoms with Crippen LogP contribution in [0.5, 0.6) is 0 Å². The van der Waals surface area contributed by atoms with Gasteiger partial charge in [-0.3, -0.25) is 4.79 Å². The van der Waals surface area contributed by atoms with Crippen molar-refractivity contribution in [3.8, 4) is 0 Å². The van der Waals surface area contributed by atoms with Crippen LogP contribution in [0.3, 0.4) is 0 Å². The Kier molecular flexibility index (Phi) is 4.34. The zero-order valence-corrected chi connectivity index (χ0v) is 8.29. The van der Waals surface area contributed by atoms with Crippen molar-refractivity contribution in [3.05, 3.63) is 24.4 Å². The lowest BCUT2D eigenvalue weighted by Crippen LogP contribution is -2.18. The largest absolute Gasteiger partial charge is 0.319 e. The molecule has 0 saturated carbocycles. The lowest BCUT2D eigenvalue weighted by atomic mass is 10.1. The molecule has 0 aliphatic rings. The third-order valence-corrected chi connectivity index (χ3v) is 1.88. The molecule has 0 spiro atoms. The van der Waals surface area contributed by atoms with E-state index < -0.39 is 0 Å². The zero-order chi connectivity index (χ0) is 9.72. The molecule has 0 unspecified atom stereocenters. The van der Waals surface area contributed by atoms with Crippen molar-refractivity contribution in [2.24, 2.45) is 5.92 Å². The summed E-state index contributed by atoms with van der Waals surface area (Å²) < 4.78 is 0. The predicted molar refractivity (Wildman–Crippen MR) is 51.6 cm³/mol. The first-order valence-electron chi connectivity index (χ1n) is 4.06. The number of likely N-dealkylation sites (N-methyl/N-ethyl adjacent to an activating group) is 1. The molecule has 1 amide bonds. The second kappa shape index (κ2) is 4.75. The maximum absolute atomic E-state index is 11.3. The van der Waals surface area contributed by atoms with Crippen molar-refractivity contribution >= 4 is 5.91 Å². The molecular weight excluding hydrogens is 150 g/mol. The number of nitrogens with zero attached hydrogens (tertiary/aromatic N) is 1. The predicted octanol–water partition coefficient (Wildman–Crippen LogP) is 2.19. The number of allylic oxidation sites excluding steroid dienone is 1. The van der Waals surface area contributed by atoms with E-state index in [1.165, 1.54) is 11.1 Å². The molecule has 0 aromatic heterocycles. The van der Waals surface area contributed by atoms with Crippen LogP contribution in [0, 0.1) is 5.92 Å². The first kappa shape index (κ1) is 11.0. The maximum Gasteiger partial charge on any atom is 0.250 e. The first-order chi connectivity index (χ1) is 5.49. The fourth-order valence-electron chi connectivity index (χ4n) is 0.553. The van der Waals surface area contributed by atoms with Crippen LogP contribution in [0.1, 0.15) is 20.8 Å². The quantitative estimate of drug-likeness (QED) is 0.590. The Morgan fingerprint density at radius 1 is 1.50 bits per heavy atom. The van der Waals surface area contributed by atoms with E-state index in [1.807, 2.05) is 6.92 Å². The minimum atomic E-state index is -0.0174. The van der Waals surface area contributed by atoms with Crippen LogP contribution in [-0.2, 0) is 4.79 Å². The van der Waals surface area contributed by atoms with Crippen LogP contribution in [0.15, 0.2) is 24.4 Å². The molecule has 0 fully saturated rings. The number of amides is 1. The minimum absolute atomic E-state index is 0.0174. The monoisotopic (exact) mass is 167 g/mol. The van der Waals surface area contributed by atoms with Gasteiger partial charge in [0.1, 0.15) is 0 Å². The van der Waals surface area contributed by atoms with Gasteiger partial charge in [0.25, 0.3) is 0 Å². The zero-order valence-electron chi connectivity index (χ0n) is 8.29. The summed E-state index contributed by atoms with van der Waals surface area (Å²) in [5.74, 6) is 0.406. The third kappa shape index (κ3) is 3.37. The van der Waals surface area contributed by atoms with Crippen LogP contribution < -0.4 is 0 Å². The summed E-state index contributed by atoms with van der Waals surface area (Å²) in [6, 6.07) is 0. The first-order valence-corrected chi connectivity index (χ1v) is 4.06. The van der Waals surface area contributed by atoms with Gasteiger partial charge in [-0.1, -0.05) is 26.0 Å². The summed E-state index contributed by atoms with van der Waals surface area (Å²) >= 11 is 0. The minimum Gasteiger partial charge on any atom is -0.319 e. The number of carbonyl (C=O) groups is 1. The highest BCUT2D eigenvalue weighted by atomic mass is 16.2. The molecule has 0 saturated heterocycles. The van der Waals surface area contributed by atoms with E-state index >= 15 is 0 Å². The molecule has 0 aromatic carbocycles. The molecule has 0 N–H and O–H groups in total. The standard InChI is InChI=1S/C10H17NO/c1-6-11(5)10(12)7-9(4)8(2)3/h6-8H,1H2,2-5H3/b9-7+. The summed E-state index contributed by atoms with van der Waals surface area (Å²) in [6.07, 6.45) is 3.15. The Morgan fingerprint density at radius 3 is 2.33 bits per heavy atom. The Bertz CT molecular complexity index is 204. The van der Waals surface area contributed by atoms with Crippen molar-refractivity contribution in [1.82, 2.24) is 4.90 Å². The van der Waals surface area contributed by atoms with E-state index in [-0.39, 0.29) is 5.91 Å². The highest BCUT2D eigenvalue weighted by Crippen LogP contribution is 2.07. The molecule has 0 aliphatic heterocycles. The average molecular weight is 167 g/mol. The van der Waals surface area contributed by atoms with E-state index in [0.29, 0.717) is 5.92 Å². The molecule has 12 heavy (non-hydrogen) atoms.